The average molecular weight is 379 g/mol. The lowest BCUT2D eigenvalue weighted by Crippen LogP contribution is -2.37. The van der Waals surface area contributed by atoms with E-state index in [1.54, 1.807) is 6.07 Å². The highest BCUT2D eigenvalue weighted by Gasteiger charge is 2.11. The maximum Gasteiger partial charge on any atom is 0.337 e. The van der Waals surface area contributed by atoms with Gasteiger partial charge in [-0.2, -0.15) is 0 Å². The van der Waals surface area contributed by atoms with Gasteiger partial charge in [0.2, 0.25) is 0 Å². The zero-order valence-electron chi connectivity index (χ0n) is 13.2. The van der Waals surface area contributed by atoms with Crippen LogP contribution in [0.3, 0.4) is 0 Å². The van der Waals surface area contributed by atoms with Crippen molar-refractivity contribution in [2.24, 2.45) is 0 Å². The molecule has 2 rings (SSSR count). The molecule has 0 aliphatic heterocycles. The molecule has 0 aromatic heterocycles. The maximum atomic E-state index is 11.9. The largest absolute Gasteiger partial charge is 0.483 e. The van der Waals surface area contributed by atoms with Crippen molar-refractivity contribution in [1.29, 1.82) is 0 Å². The number of ether oxygens (including phenoxy) is 1. The smallest absolute Gasteiger partial charge is 0.337 e. The summed E-state index contributed by atoms with van der Waals surface area (Å²) >= 11 is 10.9. The number of para-hydroxylation sites is 1. The van der Waals surface area contributed by atoms with Gasteiger partial charge in [-0.25, -0.2) is 4.79 Å². The van der Waals surface area contributed by atoms with Gasteiger partial charge in [0.25, 0.3) is 5.91 Å². The van der Waals surface area contributed by atoms with Gasteiger partial charge in [-0.1, -0.05) is 29.8 Å². The first-order valence-electron chi connectivity index (χ1n) is 7.19. The van der Waals surface area contributed by atoms with Crippen molar-refractivity contribution in [2.75, 3.05) is 11.9 Å². The SMILES string of the molecule is Cc1ccccc1OCC(=O)NC(=S)Nc1ccc(C(=O)O)c(Cl)c1. The number of halogens is 1. The molecule has 0 fully saturated rings. The molecule has 2 aromatic rings. The number of carbonyl (C=O) groups excluding carboxylic acids is 1. The van der Waals surface area contributed by atoms with Crippen molar-refractivity contribution in [2.45, 2.75) is 6.92 Å². The fraction of sp³-hybridized carbons (Fsp3) is 0.118. The first-order valence-corrected chi connectivity index (χ1v) is 7.97. The van der Waals surface area contributed by atoms with E-state index >= 15 is 0 Å². The van der Waals surface area contributed by atoms with E-state index in [-0.39, 0.29) is 22.3 Å². The number of benzene rings is 2. The van der Waals surface area contributed by atoms with Crippen LogP contribution in [-0.4, -0.2) is 28.7 Å². The summed E-state index contributed by atoms with van der Waals surface area (Å²) in [4.78, 5) is 22.8. The molecule has 130 valence electrons. The Labute approximate surface area is 154 Å². The van der Waals surface area contributed by atoms with Gasteiger partial charge in [-0.15, -0.1) is 0 Å². The van der Waals surface area contributed by atoms with E-state index in [1.165, 1.54) is 18.2 Å². The molecule has 2 aromatic carbocycles. The summed E-state index contributed by atoms with van der Waals surface area (Å²) in [5.74, 6) is -0.928. The van der Waals surface area contributed by atoms with Gasteiger partial charge >= 0.3 is 5.97 Å². The summed E-state index contributed by atoms with van der Waals surface area (Å²) in [5, 5.41) is 14.3. The Hall–Kier alpha value is -2.64. The average Bonchev–Trinajstić information content (AvgIpc) is 2.53. The highest BCUT2D eigenvalue weighted by atomic mass is 35.5. The molecule has 0 saturated carbocycles. The third-order valence-electron chi connectivity index (χ3n) is 3.16. The van der Waals surface area contributed by atoms with Crippen molar-refractivity contribution in [3.63, 3.8) is 0 Å². The Morgan fingerprint density at radius 3 is 2.60 bits per heavy atom. The summed E-state index contributed by atoms with van der Waals surface area (Å²) in [7, 11) is 0. The molecule has 0 bridgehead atoms. The molecule has 0 spiro atoms. The summed E-state index contributed by atoms with van der Waals surface area (Å²) in [6.07, 6.45) is 0. The highest BCUT2D eigenvalue weighted by Crippen LogP contribution is 2.21. The molecule has 25 heavy (non-hydrogen) atoms. The Morgan fingerprint density at radius 1 is 1.24 bits per heavy atom. The summed E-state index contributed by atoms with van der Waals surface area (Å²) in [6, 6.07) is 11.6. The van der Waals surface area contributed by atoms with Crippen LogP contribution >= 0.6 is 23.8 Å². The van der Waals surface area contributed by atoms with Crippen molar-refractivity contribution in [3.8, 4) is 5.75 Å². The number of rotatable bonds is 5. The van der Waals surface area contributed by atoms with Crippen LogP contribution < -0.4 is 15.4 Å². The normalized spacial score (nSPS) is 10.0. The lowest BCUT2D eigenvalue weighted by molar-refractivity contribution is -0.121. The van der Waals surface area contributed by atoms with E-state index in [2.05, 4.69) is 10.6 Å². The molecular weight excluding hydrogens is 364 g/mol. The lowest BCUT2D eigenvalue weighted by atomic mass is 10.2. The van der Waals surface area contributed by atoms with Crippen LogP contribution in [0.5, 0.6) is 5.75 Å². The summed E-state index contributed by atoms with van der Waals surface area (Å²) in [6.45, 7) is 1.69. The summed E-state index contributed by atoms with van der Waals surface area (Å²) < 4.78 is 5.43. The molecule has 3 N–H and O–H groups in total. The van der Waals surface area contributed by atoms with E-state index in [9.17, 15) is 9.59 Å². The lowest BCUT2D eigenvalue weighted by Gasteiger charge is -2.12. The number of amides is 1. The van der Waals surface area contributed by atoms with Crippen LogP contribution in [-0.2, 0) is 4.79 Å². The van der Waals surface area contributed by atoms with Gasteiger partial charge in [-0.3, -0.25) is 10.1 Å². The van der Waals surface area contributed by atoms with Crippen LogP contribution in [0, 0.1) is 6.92 Å². The third kappa shape index (κ3) is 5.44. The van der Waals surface area contributed by atoms with Gasteiger partial charge in [-0.05, 0) is 49.0 Å². The number of hydrogen-bond acceptors (Lipinski definition) is 4. The molecular formula is C17H15ClN2O4S. The Bertz CT molecular complexity index is 826. The number of anilines is 1. The Kier molecular flexibility index (Phi) is 6.32. The monoisotopic (exact) mass is 378 g/mol. The molecule has 0 heterocycles. The molecule has 0 saturated heterocycles. The number of carboxylic acids is 1. The highest BCUT2D eigenvalue weighted by molar-refractivity contribution is 7.80. The van der Waals surface area contributed by atoms with Crippen LogP contribution in [0.2, 0.25) is 5.02 Å². The molecule has 1 amide bonds. The third-order valence-corrected chi connectivity index (χ3v) is 3.68. The predicted molar refractivity (Wildman–Crippen MR) is 99.4 cm³/mol. The number of carbonyl (C=O) groups is 2. The minimum Gasteiger partial charge on any atom is -0.483 e. The molecule has 0 unspecified atom stereocenters. The van der Waals surface area contributed by atoms with E-state index in [1.807, 2.05) is 25.1 Å². The number of nitrogens with one attached hydrogen (secondary N) is 2. The van der Waals surface area contributed by atoms with Crippen molar-refractivity contribution in [1.82, 2.24) is 5.32 Å². The van der Waals surface area contributed by atoms with Crippen LogP contribution in [0.15, 0.2) is 42.5 Å². The first kappa shape index (κ1) is 18.7. The van der Waals surface area contributed by atoms with E-state index in [4.69, 9.17) is 33.7 Å². The molecule has 0 radical (unpaired) electrons. The topological polar surface area (TPSA) is 87.7 Å². The number of carboxylic acid groups (broad SMARTS) is 1. The maximum absolute atomic E-state index is 11.9. The fourth-order valence-electron chi connectivity index (χ4n) is 1.95. The molecule has 0 aliphatic rings. The van der Waals surface area contributed by atoms with Gasteiger partial charge < -0.3 is 15.2 Å². The van der Waals surface area contributed by atoms with Gasteiger partial charge in [0.15, 0.2) is 11.7 Å². The minimum absolute atomic E-state index is 0.0196. The van der Waals surface area contributed by atoms with Gasteiger partial charge in [0, 0.05) is 5.69 Å². The second-order valence-electron chi connectivity index (χ2n) is 5.06. The summed E-state index contributed by atoms with van der Waals surface area (Å²) in [5.41, 5.74) is 1.36. The number of thiocarbonyl (C=S) groups is 1. The first-order chi connectivity index (χ1) is 11.9. The van der Waals surface area contributed by atoms with Crippen molar-refractivity contribution < 1.29 is 19.4 Å². The van der Waals surface area contributed by atoms with Gasteiger partial charge in [0.1, 0.15) is 5.75 Å². The second-order valence-corrected chi connectivity index (χ2v) is 5.87. The number of aromatic carboxylic acids is 1. The van der Waals surface area contributed by atoms with E-state index in [0.29, 0.717) is 11.4 Å². The fourth-order valence-corrected chi connectivity index (χ4v) is 2.45. The second kappa shape index (κ2) is 8.46. The van der Waals surface area contributed by atoms with Gasteiger partial charge in [0.05, 0.1) is 10.6 Å². The molecule has 0 aliphatic carbocycles. The van der Waals surface area contributed by atoms with Crippen LogP contribution in [0.4, 0.5) is 5.69 Å². The molecule has 8 heteroatoms. The minimum atomic E-state index is -1.12. The molecule has 6 nitrogen and oxygen atoms in total. The Balaban J connectivity index is 1.87. The quantitative estimate of drug-likeness (QED) is 0.692. The van der Waals surface area contributed by atoms with Crippen molar-refractivity contribution in [3.05, 3.63) is 58.6 Å². The standard InChI is InChI=1S/C17H15ClN2O4S/c1-10-4-2-3-5-14(10)24-9-15(21)20-17(25)19-11-6-7-12(16(22)23)13(18)8-11/h2-8H,9H2,1H3,(H,22,23)(H2,19,20,21,25). The van der Waals surface area contributed by atoms with E-state index < -0.39 is 11.9 Å². The van der Waals surface area contributed by atoms with Crippen LogP contribution in [0.1, 0.15) is 15.9 Å². The predicted octanol–water partition coefficient (Wildman–Crippen LogP) is 3.24. The zero-order chi connectivity index (χ0) is 18.4. The van der Waals surface area contributed by atoms with Crippen molar-refractivity contribution >= 4 is 46.5 Å². The van der Waals surface area contributed by atoms with Crippen LogP contribution in [0.25, 0.3) is 0 Å². The molecule has 0 atom stereocenters. The zero-order valence-corrected chi connectivity index (χ0v) is 14.8. The number of aryl methyl sites for hydroxylation is 1. The Morgan fingerprint density at radius 2 is 1.96 bits per heavy atom. The number of hydrogen-bond donors (Lipinski definition) is 3. The van der Waals surface area contributed by atoms with E-state index in [0.717, 1.165) is 5.56 Å².